The summed E-state index contributed by atoms with van der Waals surface area (Å²) in [7, 11) is 0. The molecular formula is C18H19N3O3. The summed E-state index contributed by atoms with van der Waals surface area (Å²) in [5, 5.41) is 3.93. The van der Waals surface area contributed by atoms with E-state index < -0.39 is 0 Å². The van der Waals surface area contributed by atoms with Crippen molar-refractivity contribution in [3.05, 3.63) is 68.4 Å². The van der Waals surface area contributed by atoms with Crippen LogP contribution in [0.15, 0.2) is 46.1 Å². The predicted molar refractivity (Wildman–Crippen MR) is 94.9 cm³/mol. The number of rotatable bonds is 5. The first-order valence-corrected chi connectivity index (χ1v) is 7.79. The third kappa shape index (κ3) is 3.32. The zero-order valence-corrected chi connectivity index (χ0v) is 13.6. The van der Waals surface area contributed by atoms with Crippen LogP contribution < -0.4 is 21.2 Å². The molecule has 2 aromatic heterocycles. The van der Waals surface area contributed by atoms with Crippen LogP contribution in [0.2, 0.25) is 0 Å². The van der Waals surface area contributed by atoms with Gasteiger partial charge in [-0.15, -0.1) is 0 Å². The maximum Gasteiger partial charge on any atom is 0.271 e. The summed E-state index contributed by atoms with van der Waals surface area (Å²) in [4.78, 5) is 29.5. The summed E-state index contributed by atoms with van der Waals surface area (Å²) < 4.78 is 5.44. The normalized spacial score (nSPS) is 10.8. The molecule has 6 nitrogen and oxygen atoms in total. The summed E-state index contributed by atoms with van der Waals surface area (Å²) in [6.07, 6.45) is 1.65. The van der Waals surface area contributed by atoms with Gasteiger partial charge in [0.2, 0.25) is 0 Å². The van der Waals surface area contributed by atoms with Gasteiger partial charge in [0.05, 0.1) is 12.1 Å². The summed E-state index contributed by atoms with van der Waals surface area (Å²) in [6.45, 7) is 4.64. The van der Waals surface area contributed by atoms with Crippen molar-refractivity contribution in [3.63, 3.8) is 0 Å². The molecule has 0 atom stereocenters. The lowest BCUT2D eigenvalue weighted by atomic mass is 10.1. The van der Waals surface area contributed by atoms with E-state index in [0.29, 0.717) is 17.9 Å². The molecule has 3 rings (SSSR count). The minimum atomic E-state index is -0.209. The molecule has 124 valence electrons. The van der Waals surface area contributed by atoms with Crippen molar-refractivity contribution in [2.24, 2.45) is 0 Å². The van der Waals surface area contributed by atoms with Crippen LogP contribution >= 0.6 is 0 Å². The van der Waals surface area contributed by atoms with Crippen molar-refractivity contribution in [1.82, 2.24) is 9.97 Å². The molecule has 0 radical (unpaired) electrons. The van der Waals surface area contributed by atoms with E-state index in [1.165, 1.54) is 0 Å². The molecule has 3 N–H and O–H groups in total. The molecule has 0 aliphatic heterocycles. The van der Waals surface area contributed by atoms with Gasteiger partial charge in [0, 0.05) is 24.4 Å². The SMILES string of the molecule is CCOc1ccc2cc(CNc3cc(C)c[nH]c3=O)c(=O)[nH]c2c1. The number of pyridine rings is 2. The fourth-order valence-corrected chi connectivity index (χ4v) is 2.53. The van der Waals surface area contributed by atoms with Crippen LogP contribution in [-0.4, -0.2) is 16.6 Å². The van der Waals surface area contributed by atoms with E-state index in [1.54, 1.807) is 12.3 Å². The first-order chi connectivity index (χ1) is 11.6. The van der Waals surface area contributed by atoms with Gasteiger partial charge < -0.3 is 20.0 Å². The van der Waals surface area contributed by atoms with Crippen molar-refractivity contribution >= 4 is 16.6 Å². The zero-order valence-electron chi connectivity index (χ0n) is 13.6. The Morgan fingerprint density at radius 2 is 1.96 bits per heavy atom. The van der Waals surface area contributed by atoms with Crippen molar-refractivity contribution in [3.8, 4) is 5.75 Å². The molecule has 3 aromatic rings. The summed E-state index contributed by atoms with van der Waals surface area (Å²) in [5.41, 5.74) is 2.27. The third-order valence-electron chi connectivity index (χ3n) is 3.72. The van der Waals surface area contributed by atoms with Crippen LogP contribution in [-0.2, 0) is 6.54 Å². The van der Waals surface area contributed by atoms with Crippen LogP contribution in [0.25, 0.3) is 10.9 Å². The van der Waals surface area contributed by atoms with Gasteiger partial charge in [-0.3, -0.25) is 9.59 Å². The van der Waals surface area contributed by atoms with Gasteiger partial charge in [0.1, 0.15) is 11.4 Å². The number of aryl methyl sites for hydroxylation is 1. The van der Waals surface area contributed by atoms with Gasteiger partial charge in [0.15, 0.2) is 0 Å². The number of fused-ring (bicyclic) bond motifs is 1. The number of anilines is 1. The summed E-state index contributed by atoms with van der Waals surface area (Å²) in [5.74, 6) is 0.720. The Hall–Kier alpha value is -3.02. The van der Waals surface area contributed by atoms with Crippen LogP contribution in [0, 0.1) is 6.92 Å². The van der Waals surface area contributed by atoms with E-state index in [4.69, 9.17) is 4.74 Å². The quantitative estimate of drug-likeness (QED) is 0.673. The van der Waals surface area contributed by atoms with Crippen molar-refractivity contribution in [2.45, 2.75) is 20.4 Å². The second kappa shape index (κ2) is 6.62. The van der Waals surface area contributed by atoms with Gasteiger partial charge in [0.25, 0.3) is 11.1 Å². The first-order valence-electron chi connectivity index (χ1n) is 7.79. The Labute approximate surface area is 138 Å². The average Bonchev–Trinajstić information content (AvgIpc) is 2.56. The van der Waals surface area contributed by atoms with E-state index in [-0.39, 0.29) is 17.7 Å². The van der Waals surface area contributed by atoms with Crippen molar-refractivity contribution < 1.29 is 4.74 Å². The topological polar surface area (TPSA) is 87.0 Å². The second-order valence-electron chi connectivity index (χ2n) is 5.58. The molecule has 1 aromatic carbocycles. The molecule has 0 unspecified atom stereocenters. The monoisotopic (exact) mass is 325 g/mol. The highest BCUT2D eigenvalue weighted by Gasteiger charge is 2.06. The highest BCUT2D eigenvalue weighted by molar-refractivity contribution is 5.80. The lowest BCUT2D eigenvalue weighted by Gasteiger charge is -2.08. The Balaban J connectivity index is 1.88. The van der Waals surface area contributed by atoms with Gasteiger partial charge in [-0.05, 0) is 49.1 Å². The summed E-state index contributed by atoms with van der Waals surface area (Å²) >= 11 is 0. The number of ether oxygens (including phenoxy) is 1. The maximum atomic E-state index is 12.3. The van der Waals surface area contributed by atoms with Crippen molar-refractivity contribution in [2.75, 3.05) is 11.9 Å². The first kappa shape index (κ1) is 15.9. The largest absolute Gasteiger partial charge is 0.494 e. The van der Waals surface area contributed by atoms with Crippen molar-refractivity contribution in [1.29, 1.82) is 0 Å². The standard InChI is InChI=1S/C18H19N3O3/c1-3-24-14-5-4-12-7-13(17(22)21-15(12)8-14)10-19-16-6-11(2)9-20-18(16)23/h4-9,19H,3,10H2,1-2H3,(H,20,23)(H,21,22). The molecule has 0 amide bonds. The zero-order chi connectivity index (χ0) is 17.1. The second-order valence-corrected chi connectivity index (χ2v) is 5.58. The molecule has 2 heterocycles. The minimum absolute atomic E-state index is 0.187. The van der Waals surface area contributed by atoms with E-state index in [1.807, 2.05) is 38.1 Å². The Kier molecular flexibility index (Phi) is 4.37. The number of aromatic amines is 2. The molecule has 0 aliphatic rings. The van der Waals surface area contributed by atoms with Gasteiger partial charge in [-0.1, -0.05) is 0 Å². The molecule has 0 aliphatic carbocycles. The number of hydrogen-bond donors (Lipinski definition) is 3. The molecular weight excluding hydrogens is 306 g/mol. The number of nitrogens with one attached hydrogen (secondary N) is 3. The minimum Gasteiger partial charge on any atom is -0.494 e. The highest BCUT2D eigenvalue weighted by atomic mass is 16.5. The Morgan fingerprint density at radius 1 is 1.12 bits per heavy atom. The fourth-order valence-electron chi connectivity index (χ4n) is 2.53. The van der Waals surface area contributed by atoms with Gasteiger partial charge in [-0.25, -0.2) is 0 Å². The van der Waals surface area contributed by atoms with E-state index >= 15 is 0 Å². The molecule has 0 spiro atoms. The van der Waals surface area contributed by atoms with Crippen LogP contribution in [0.3, 0.4) is 0 Å². The van der Waals surface area contributed by atoms with Gasteiger partial charge in [-0.2, -0.15) is 0 Å². The molecule has 0 bridgehead atoms. The number of H-pyrrole nitrogens is 2. The molecule has 0 saturated heterocycles. The molecule has 24 heavy (non-hydrogen) atoms. The molecule has 0 saturated carbocycles. The number of aromatic nitrogens is 2. The highest BCUT2D eigenvalue weighted by Crippen LogP contribution is 2.19. The maximum absolute atomic E-state index is 12.3. The van der Waals surface area contributed by atoms with Crippen LogP contribution in [0.1, 0.15) is 18.1 Å². The summed E-state index contributed by atoms with van der Waals surface area (Å²) in [6, 6.07) is 9.15. The Morgan fingerprint density at radius 3 is 2.75 bits per heavy atom. The van der Waals surface area contributed by atoms with Gasteiger partial charge >= 0.3 is 0 Å². The average molecular weight is 325 g/mol. The fraction of sp³-hybridized carbons (Fsp3) is 0.222. The van der Waals surface area contributed by atoms with Crippen LogP contribution in [0.5, 0.6) is 5.75 Å². The Bertz CT molecular complexity index is 989. The predicted octanol–water partition coefficient (Wildman–Crippen LogP) is 2.54. The van der Waals surface area contributed by atoms with E-state index in [2.05, 4.69) is 15.3 Å². The number of benzene rings is 1. The third-order valence-corrected chi connectivity index (χ3v) is 3.72. The lowest BCUT2D eigenvalue weighted by molar-refractivity contribution is 0.340. The van der Waals surface area contributed by atoms with Crippen LogP contribution in [0.4, 0.5) is 5.69 Å². The smallest absolute Gasteiger partial charge is 0.271 e. The number of hydrogen-bond acceptors (Lipinski definition) is 4. The van der Waals surface area contributed by atoms with E-state index in [0.717, 1.165) is 22.2 Å². The molecule has 0 fully saturated rings. The van der Waals surface area contributed by atoms with E-state index in [9.17, 15) is 9.59 Å². The molecule has 6 heteroatoms. The lowest BCUT2D eigenvalue weighted by Crippen LogP contribution is -2.19.